The van der Waals surface area contributed by atoms with Crippen molar-refractivity contribution in [3.63, 3.8) is 0 Å². The summed E-state index contributed by atoms with van der Waals surface area (Å²) in [4.78, 5) is 19.9. The number of rotatable bonds is 6. The smallest absolute Gasteiger partial charge is 0.333 e. The number of carbonyl (C=O) groups is 1. The van der Waals surface area contributed by atoms with Gasteiger partial charge in [-0.2, -0.15) is 8.42 Å². The van der Waals surface area contributed by atoms with Crippen molar-refractivity contribution >= 4 is 33.3 Å². The van der Waals surface area contributed by atoms with E-state index in [4.69, 9.17) is 16.3 Å². The van der Waals surface area contributed by atoms with E-state index in [0.29, 0.717) is 10.7 Å². The topological polar surface area (TPSA) is 110 Å². The molecule has 2 amide bonds. The van der Waals surface area contributed by atoms with E-state index in [2.05, 4.69) is 15.3 Å². The van der Waals surface area contributed by atoms with Crippen molar-refractivity contribution in [2.75, 3.05) is 12.4 Å². The molecule has 2 N–H and O–H groups in total. The molecule has 0 aliphatic rings. The first-order chi connectivity index (χ1) is 13.1. The van der Waals surface area contributed by atoms with E-state index in [-0.39, 0.29) is 17.6 Å². The summed E-state index contributed by atoms with van der Waals surface area (Å²) in [6.45, 7) is 7.84. The van der Waals surface area contributed by atoms with E-state index in [1.807, 2.05) is 32.4 Å². The van der Waals surface area contributed by atoms with Gasteiger partial charge < -0.3 is 10.1 Å². The molecule has 0 bridgehead atoms. The molecule has 8 nitrogen and oxygen atoms in total. The minimum Gasteiger partial charge on any atom is -0.492 e. The van der Waals surface area contributed by atoms with Crippen LogP contribution >= 0.6 is 11.6 Å². The molecule has 28 heavy (non-hydrogen) atoms. The first-order valence-corrected chi connectivity index (χ1v) is 10.4. The lowest BCUT2D eigenvalue weighted by atomic mass is 9.92. The van der Waals surface area contributed by atoms with Crippen LogP contribution in [-0.2, 0) is 10.0 Å². The minimum absolute atomic E-state index is 0.0602. The summed E-state index contributed by atoms with van der Waals surface area (Å²) in [7, 11) is -2.97. The van der Waals surface area contributed by atoms with Crippen LogP contribution in [0, 0.1) is 0 Å². The largest absolute Gasteiger partial charge is 0.492 e. The molecule has 0 aliphatic heterocycles. The van der Waals surface area contributed by atoms with Gasteiger partial charge in [0, 0.05) is 10.7 Å². The molecule has 0 radical (unpaired) electrons. The van der Waals surface area contributed by atoms with Gasteiger partial charge in [-0.1, -0.05) is 39.3 Å². The van der Waals surface area contributed by atoms with Crippen LogP contribution in [0.1, 0.15) is 50.7 Å². The number of nitrogens with one attached hydrogen (secondary N) is 2. The SMILES string of the molecule is COc1cncnc1S(=O)(=O)NC(=O)Nc1c(C(C)C)cc(Cl)cc1C(C)C. The van der Waals surface area contributed by atoms with Gasteiger partial charge in [0.2, 0.25) is 5.03 Å². The molecule has 1 aromatic carbocycles. The number of ether oxygens (including phenoxy) is 1. The van der Waals surface area contributed by atoms with E-state index in [0.717, 1.165) is 17.5 Å². The van der Waals surface area contributed by atoms with Crippen LogP contribution < -0.4 is 14.8 Å². The highest BCUT2D eigenvalue weighted by molar-refractivity contribution is 7.90. The number of halogens is 1. The molecule has 152 valence electrons. The molecule has 0 saturated carbocycles. The average molecular weight is 427 g/mol. The van der Waals surface area contributed by atoms with Gasteiger partial charge in [0.25, 0.3) is 10.0 Å². The molecule has 2 rings (SSSR count). The molecular formula is C18H23ClN4O4S. The van der Waals surface area contributed by atoms with Gasteiger partial charge in [0.1, 0.15) is 6.33 Å². The van der Waals surface area contributed by atoms with E-state index in [1.54, 1.807) is 12.1 Å². The minimum atomic E-state index is -4.26. The number of methoxy groups -OCH3 is 1. The molecule has 1 heterocycles. The van der Waals surface area contributed by atoms with Crippen molar-refractivity contribution < 1.29 is 17.9 Å². The number of benzene rings is 1. The number of sulfonamides is 1. The summed E-state index contributed by atoms with van der Waals surface area (Å²) in [6, 6.07) is 2.61. The quantitative estimate of drug-likeness (QED) is 0.678. The number of hydrogen-bond donors (Lipinski definition) is 2. The number of hydrogen-bond acceptors (Lipinski definition) is 6. The van der Waals surface area contributed by atoms with Gasteiger partial charge in [0.15, 0.2) is 5.75 Å². The number of carbonyl (C=O) groups excluding carboxylic acids is 1. The van der Waals surface area contributed by atoms with Gasteiger partial charge in [-0.3, -0.25) is 0 Å². The van der Waals surface area contributed by atoms with E-state index in [1.165, 1.54) is 13.3 Å². The van der Waals surface area contributed by atoms with Gasteiger partial charge in [-0.25, -0.2) is 19.5 Å². The van der Waals surface area contributed by atoms with Gasteiger partial charge in [0.05, 0.1) is 13.3 Å². The normalized spacial score (nSPS) is 11.6. The van der Waals surface area contributed by atoms with Gasteiger partial charge in [-0.15, -0.1) is 0 Å². The summed E-state index contributed by atoms with van der Waals surface area (Å²) < 4.78 is 32.0. The summed E-state index contributed by atoms with van der Waals surface area (Å²) in [5.74, 6) is 0.0511. The Bertz CT molecular complexity index is 948. The maximum Gasteiger partial charge on any atom is 0.333 e. The Morgan fingerprint density at radius 3 is 2.21 bits per heavy atom. The summed E-state index contributed by atoms with van der Waals surface area (Å²) in [5.41, 5.74) is 2.16. The van der Waals surface area contributed by atoms with E-state index in [9.17, 15) is 13.2 Å². The lowest BCUT2D eigenvalue weighted by Crippen LogP contribution is -2.35. The second-order valence-electron chi connectivity index (χ2n) is 6.72. The molecule has 0 saturated heterocycles. The molecule has 0 unspecified atom stereocenters. The van der Waals surface area contributed by atoms with Crippen LogP contribution in [0.3, 0.4) is 0 Å². The zero-order chi connectivity index (χ0) is 21.1. The first-order valence-electron chi connectivity index (χ1n) is 8.58. The molecule has 10 heteroatoms. The Labute approximate surface area is 169 Å². The summed E-state index contributed by atoms with van der Waals surface area (Å²) in [6.07, 6.45) is 2.26. The molecular weight excluding hydrogens is 404 g/mol. The highest BCUT2D eigenvalue weighted by atomic mass is 35.5. The Balaban J connectivity index is 2.38. The highest BCUT2D eigenvalue weighted by Gasteiger charge is 2.25. The van der Waals surface area contributed by atoms with Crippen molar-refractivity contribution in [1.82, 2.24) is 14.7 Å². The fourth-order valence-corrected chi connectivity index (χ4v) is 3.88. The molecule has 0 spiro atoms. The zero-order valence-corrected chi connectivity index (χ0v) is 17.9. The number of amides is 2. The second kappa shape index (κ2) is 8.74. The second-order valence-corrected chi connectivity index (χ2v) is 8.76. The average Bonchev–Trinajstić information content (AvgIpc) is 2.61. The number of nitrogens with zero attached hydrogens (tertiary/aromatic N) is 2. The predicted octanol–water partition coefficient (Wildman–Crippen LogP) is 3.90. The predicted molar refractivity (Wildman–Crippen MR) is 108 cm³/mol. The zero-order valence-electron chi connectivity index (χ0n) is 16.3. The van der Waals surface area contributed by atoms with Crippen molar-refractivity contribution in [1.29, 1.82) is 0 Å². The van der Waals surface area contributed by atoms with Crippen molar-refractivity contribution in [3.05, 3.63) is 40.8 Å². The molecule has 0 aliphatic carbocycles. The lowest BCUT2D eigenvalue weighted by molar-refractivity contribution is 0.256. The third-order valence-electron chi connectivity index (χ3n) is 3.99. The lowest BCUT2D eigenvalue weighted by Gasteiger charge is -2.21. The van der Waals surface area contributed by atoms with Crippen LogP contribution in [0.5, 0.6) is 5.75 Å². The monoisotopic (exact) mass is 426 g/mol. The molecule has 1 aromatic heterocycles. The number of urea groups is 1. The Hall–Kier alpha value is -2.39. The standard InChI is InChI=1S/C18H23ClN4O4S/c1-10(2)13-6-12(19)7-14(11(3)4)16(13)22-18(24)23-28(25,26)17-15(27-5)8-20-9-21-17/h6-11H,1-5H3,(H2,22,23,24). The van der Waals surface area contributed by atoms with Crippen LogP contribution in [0.4, 0.5) is 10.5 Å². The number of anilines is 1. The summed E-state index contributed by atoms with van der Waals surface area (Å²) in [5, 5.41) is 2.79. The van der Waals surface area contributed by atoms with Crippen molar-refractivity contribution in [2.45, 2.75) is 44.6 Å². The number of aromatic nitrogens is 2. The van der Waals surface area contributed by atoms with Gasteiger partial charge >= 0.3 is 6.03 Å². The van der Waals surface area contributed by atoms with Gasteiger partial charge in [-0.05, 0) is 35.1 Å². The van der Waals surface area contributed by atoms with Crippen LogP contribution in [0.25, 0.3) is 0 Å². The Morgan fingerprint density at radius 2 is 1.71 bits per heavy atom. The van der Waals surface area contributed by atoms with Crippen LogP contribution in [-0.4, -0.2) is 31.5 Å². The third kappa shape index (κ3) is 4.90. The Morgan fingerprint density at radius 1 is 1.14 bits per heavy atom. The maximum absolute atomic E-state index is 12.5. The molecule has 0 atom stereocenters. The Kier molecular flexibility index (Phi) is 6.84. The third-order valence-corrected chi connectivity index (χ3v) is 5.48. The maximum atomic E-state index is 12.5. The van der Waals surface area contributed by atoms with E-state index < -0.39 is 21.1 Å². The van der Waals surface area contributed by atoms with Crippen molar-refractivity contribution in [2.24, 2.45) is 0 Å². The van der Waals surface area contributed by atoms with E-state index >= 15 is 0 Å². The first kappa shape index (κ1) is 21.9. The van der Waals surface area contributed by atoms with Crippen molar-refractivity contribution in [3.8, 4) is 5.75 Å². The molecule has 0 fully saturated rings. The fourth-order valence-electron chi connectivity index (χ4n) is 2.66. The van der Waals surface area contributed by atoms with Crippen LogP contribution in [0.2, 0.25) is 5.02 Å². The fraction of sp³-hybridized carbons (Fsp3) is 0.389. The molecule has 2 aromatic rings. The summed E-state index contributed by atoms with van der Waals surface area (Å²) >= 11 is 6.21. The highest BCUT2D eigenvalue weighted by Crippen LogP contribution is 2.35. The van der Waals surface area contributed by atoms with Crippen LogP contribution in [0.15, 0.2) is 29.7 Å².